The highest BCUT2D eigenvalue weighted by atomic mass is 16.6. The van der Waals surface area contributed by atoms with Gasteiger partial charge in [-0.25, -0.2) is 0 Å². The summed E-state index contributed by atoms with van der Waals surface area (Å²) in [6.07, 6.45) is 0. The number of nitro groups is 2. The van der Waals surface area contributed by atoms with Gasteiger partial charge in [0.1, 0.15) is 0 Å². The molecule has 0 bridgehead atoms. The van der Waals surface area contributed by atoms with E-state index in [1.165, 1.54) is 0 Å². The fraction of sp³-hybridized carbons (Fsp3) is 0. The molecule has 0 aliphatic carbocycles. The number of nitrogens with zero attached hydrogens (tertiary/aromatic N) is 2. The van der Waals surface area contributed by atoms with Crippen LogP contribution in [0, 0.1) is 20.2 Å². The van der Waals surface area contributed by atoms with E-state index >= 15 is 0 Å². The second-order valence-corrected chi connectivity index (χ2v) is 7.84. The lowest BCUT2D eigenvalue weighted by molar-refractivity contribution is -0.383. The van der Waals surface area contributed by atoms with Gasteiger partial charge < -0.3 is 0 Å². The van der Waals surface area contributed by atoms with Crippen molar-refractivity contribution in [2.45, 2.75) is 0 Å². The number of hydrogen-bond donors (Lipinski definition) is 0. The molecule has 6 heteroatoms. The standard InChI is InChI=1S/2C14H9NO2/c2*16-15(17)13-7-3-5-11-9-8-10-4-1-2-6-12(10)14(11)13/h2*1-9H. The van der Waals surface area contributed by atoms with E-state index in [1.807, 2.05) is 84.9 Å². The normalized spacial score (nSPS) is 10.8. The van der Waals surface area contributed by atoms with Gasteiger partial charge >= 0.3 is 0 Å². The van der Waals surface area contributed by atoms with Gasteiger partial charge in [-0.05, 0) is 32.3 Å². The molecule has 0 atom stereocenters. The van der Waals surface area contributed by atoms with Crippen molar-refractivity contribution < 1.29 is 9.85 Å². The zero-order chi connectivity index (χ0) is 23.7. The zero-order valence-electron chi connectivity index (χ0n) is 17.9. The number of fused-ring (bicyclic) bond motifs is 6. The summed E-state index contributed by atoms with van der Waals surface area (Å²) < 4.78 is 0. The van der Waals surface area contributed by atoms with E-state index in [0.717, 1.165) is 43.1 Å². The average Bonchev–Trinajstić information content (AvgIpc) is 2.88. The van der Waals surface area contributed by atoms with Crippen LogP contribution < -0.4 is 0 Å². The van der Waals surface area contributed by atoms with Crippen molar-refractivity contribution in [2.24, 2.45) is 0 Å². The number of hydrogen-bond acceptors (Lipinski definition) is 4. The lowest BCUT2D eigenvalue weighted by Crippen LogP contribution is -1.89. The summed E-state index contributed by atoms with van der Waals surface area (Å²) >= 11 is 0. The van der Waals surface area contributed by atoms with Crippen LogP contribution in [0.3, 0.4) is 0 Å². The Bertz CT molecular complexity index is 1600. The number of rotatable bonds is 2. The molecule has 6 aromatic carbocycles. The smallest absolute Gasteiger partial charge is 0.258 e. The third kappa shape index (κ3) is 3.67. The molecule has 164 valence electrons. The predicted molar refractivity (Wildman–Crippen MR) is 136 cm³/mol. The molecule has 0 aliphatic heterocycles. The first-order valence-corrected chi connectivity index (χ1v) is 10.6. The van der Waals surface area contributed by atoms with Crippen molar-refractivity contribution in [1.29, 1.82) is 0 Å². The number of nitro benzene ring substituents is 2. The predicted octanol–water partition coefficient (Wildman–Crippen LogP) is 7.80. The maximum atomic E-state index is 11.1. The minimum atomic E-state index is -0.325. The molecule has 0 saturated carbocycles. The summed E-state index contributed by atoms with van der Waals surface area (Å²) in [5, 5.41) is 29.3. The monoisotopic (exact) mass is 446 g/mol. The molecule has 6 nitrogen and oxygen atoms in total. The molecule has 0 unspecified atom stereocenters. The Labute approximate surface area is 194 Å². The Morgan fingerprint density at radius 2 is 0.765 bits per heavy atom. The molecule has 0 aliphatic rings. The van der Waals surface area contributed by atoms with Gasteiger partial charge in [-0.3, -0.25) is 20.2 Å². The summed E-state index contributed by atoms with van der Waals surface area (Å²) in [5.74, 6) is 0. The first-order chi connectivity index (χ1) is 16.5. The van der Waals surface area contributed by atoms with Crippen molar-refractivity contribution in [3.8, 4) is 0 Å². The van der Waals surface area contributed by atoms with Crippen molar-refractivity contribution in [3.05, 3.63) is 129 Å². The summed E-state index contributed by atoms with van der Waals surface area (Å²) in [4.78, 5) is 21.5. The highest BCUT2D eigenvalue weighted by Crippen LogP contribution is 2.33. The first-order valence-electron chi connectivity index (χ1n) is 10.6. The van der Waals surface area contributed by atoms with Crippen LogP contribution >= 0.6 is 0 Å². The Kier molecular flexibility index (Phi) is 5.32. The van der Waals surface area contributed by atoms with E-state index in [4.69, 9.17) is 0 Å². The molecule has 6 aromatic rings. The average molecular weight is 446 g/mol. The number of benzene rings is 6. The maximum Gasteiger partial charge on any atom is 0.277 e. The van der Waals surface area contributed by atoms with Gasteiger partial charge in [0.05, 0.1) is 20.6 Å². The topological polar surface area (TPSA) is 86.3 Å². The van der Waals surface area contributed by atoms with Crippen molar-refractivity contribution >= 4 is 54.5 Å². The zero-order valence-corrected chi connectivity index (χ0v) is 17.9. The van der Waals surface area contributed by atoms with Crippen LogP contribution in [0.25, 0.3) is 43.1 Å². The third-order valence-electron chi connectivity index (χ3n) is 5.89. The SMILES string of the molecule is O=[N+]([O-])c1cccc2ccc3ccccc3c12.O=[N+]([O-])c1cccc2ccc3ccccc3c12. The lowest BCUT2D eigenvalue weighted by atomic mass is 10.0. The Morgan fingerprint density at radius 3 is 1.18 bits per heavy atom. The fourth-order valence-electron chi connectivity index (χ4n) is 4.38. The number of non-ortho nitro benzene ring substituents is 2. The van der Waals surface area contributed by atoms with E-state index in [1.54, 1.807) is 24.3 Å². The second-order valence-electron chi connectivity index (χ2n) is 7.84. The van der Waals surface area contributed by atoms with Gasteiger partial charge in [0.2, 0.25) is 0 Å². The minimum absolute atomic E-state index is 0.166. The lowest BCUT2D eigenvalue weighted by Gasteiger charge is -2.04. The van der Waals surface area contributed by atoms with Crippen LogP contribution in [0.1, 0.15) is 0 Å². The molecule has 6 rings (SSSR count). The minimum Gasteiger partial charge on any atom is -0.258 e. The summed E-state index contributed by atoms with van der Waals surface area (Å²) in [7, 11) is 0. The van der Waals surface area contributed by atoms with Gasteiger partial charge in [0, 0.05) is 12.1 Å². The summed E-state index contributed by atoms with van der Waals surface area (Å²) in [5.41, 5.74) is 0.332. The molecule has 0 amide bonds. The molecule has 0 N–H and O–H groups in total. The van der Waals surface area contributed by atoms with E-state index in [9.17, 15) is 20.2 Å². The van der Waals surface area contributed by atoms with E-state index in [0.29, 0.717) is 0 Å². The quantitative estimate of drug-likeness (QED) is 0.154. The van der Waals surface area contributed by atoms with Crippen LogP contribution in [0.2, 0.25) is 0 Å². The largest absolute Gasteiger partial charge is 0.277 e. The molecular formula is C28H18N2O4. The fourth-order valence-corrected chi connectivity index (χ4v) is 4.38. The molecule has 0 heterocycles. The van der Waals surface area contributed by atoms with Crippen molar-refractivity contribution in [1.82, 2.24) is 0 Å². The van der Waals surface area contributed by atoms with Crippen LogP contribution in [0.4, 0.5) is 11.4 Å². The van der Waals surface area contributed by atoms with Crippen LogP contribution in [-0.2, 0) is 0 Å². The molecule has 0 fully saturated rings. The summed E-state index contributed by atoms with van der Waals surface area (Å²) in [6, 6.07) is 33.6. The Hall–Kier alpha value is -4.84. The molecule has 0 saturated heterocycles. The molecular weight excluding hydrogens is 428 g/mol. The second kappa shape index (κ2) is 8.60. The van der Waals surface area contributed by atoms with Gasteiger partial charge in [-0.2, -0.15) is 0 Å². The molecule has 0 radical (unpaired) electrons. The van der Waals surface area contributed by atoms with Crippen LogP contribution in [0.5, 0.6) is 0 Å². The maximum absolute atomic E-state index is 11.1. The molecule has 0 spiro atoms. The van der Waals surface area contributed by atoms with Crippen LogP contribution in [-0.4, -0.2) is 9.85 Å². The Balaban J connectivity index is 0.000000142. The highest BCUT2D eigenvalue weighted by Gasteiger charge is 2.14. The first kappa shape index (κ1) is 21.0. The third-order valence-corrected chi connectivity index (χ3v) is 5.89. The van der Waals surface area contributed by atoms with Crippen molar-refractivity contribution in [3.63, 3.8) is 0 Å². The van der Waals surface area contributed by atoms with Crippen molar-refractivity contribution in [2.75, 3.05) is 0 Å². The highest BCUT2D eigenvalue weighted by molar-refractivity contribution is 6.12. The van der Waals surface area contributed by atoms with Gasteiger partial charge in [0.25, 0.3) is 11.4 Å². The Morgan fingerprint density at radius 1 is 0.412 bits per heavy atom. The van der Waals surface area contributed by atoms with Gasteiger partial charge in [0.15, 0.2) is 0 Å². The summed E-state index contributed by atoms with van der Waals surface area (Å²) in [6.45, 7) is 0. The van der Waals surface area contributed by atoms with E-state index in [-0.39, 0.29) is 21.2 Å². The van der Waals surface area contributed by atoms with E-state index in [2.05, 4.69) is 0 Å². The van der Waals surface area contributed by atoms with Gasteiger partial charge in [-0.15, -0.1) is 0 Å². The van der Waals surface area contributed by atoms with Gasteiger partial charge in [-0.1, -0.05) is 97.1 Å². The molecule has 34 heavy (non-hydrogen) atoms. The molecule has 0 aromatic heterocycles. The van der Waals surface area contributed by atoms with Crippen LogP contribution in [0.15, 0.2) is 109 Å². The van der Waals surface area contributed by atoms with E-state index < -0.39 is 0 Å².